The Labute approximate surface area is 169 Å². The molecular formula is C19H19N3O4S2. The second-order valence-electron chi connectivity index (χ2n) is 5.84. The van der Waals surface area contributed by atoms with Crippen molar-refractivity contribution in [2.45, 2.75) is 24.7 Å². The van der Waals surface area contributed by atoms with Crippen LogP contribution in [-0.4, -0.2) is 34.3 Å². The van der Waals surface area contributed by atoms with Crippen LogP contribution >= 0.6 is 23.1 Å². The zero-order valence-corrected chi connectivity index (χ0v) is 16.8. The number of esters is 1. The molecule has 0 spiro atoms. The first-order valence-electron chi connectivity index (χ1n) is 8.56. The Bertz CT molecular complexity index is 1030. The number of thiophene rings is 1. The number of nitrogens with zero attached hydrogens (tertiary/aromatic N) is 2. The van der Waals surface area contributed by atoms with Gasteiger partial charge in [0.1, 0.15) is 0 Å². The van der Waals surface area contributed by atoms with E-state index in [9.17, 15) is 14.4 Å². The fourth-order valence-corrected chi connectivity index (χ4v) is 4.04. The molecule has 28 heavy (non-hydrogen) atoms. The average Bonchev–Trinajstić information content (AvgIpc) is 3.23. The fraction of sp³-hybridized carbons (Fsp3) is 0.263. The van der Waals surface area contributed by atoms with E-state index >= 15 is 0 Å². The Morgan fingerprint density at radius 2 is 2.07 bits per heavy atom. The first-order chi connectivity index (χ1) is 13.6. The van der Waals surface area contributed by atoms with Crippen LogP contribution in [0.1, 0.15) is 11.3 Å². The molecule has 1 N–H and O–H groups in total. The molecule has 3 aromatic rings. The molecule has 2 aromatic heterocycles. The third-order valence-electron chi connectivity index (χ3n) is 3.97. The molecule has 1 amide bonds. The van der Waals surface area contributed by atoms with Gasteiger partial charge in [0.05, 0.1) is 36.7 Å². The van der Waals surface area contributed by atoms with Crippen LogP contribution in [0.4, 0.5) is 0 Å². The van der Waals surface area contributed by atoms with Gasteiger partial charge in [0.25, 0.3) is 5.56 Å². The van der Waals surface area contributed by atoms with Crippen LogP contribution in [0.5, 0.6) is 0 Å². The van der Waals surface area contributed by atoms with E-state index in [2.05, 4.69) is 15.0 Å². The number of nitrogens with one attached hydrogen (secondary N) is 1. The standard InChI is InChI=1S/C19H19N3O4S2/c1-26-17(24)8-9-22-18(25)14-6-2-3-7-15(14)21-19(22)28-12-16(23)20-11-13-5-4-10-27-13/h2-7,10H,8-9,11-12H2,1H3,(H,20,23). The van der Waals surface area contributed by atoms with E-state index in [1.165, 1.54) is 23.4 Å². The van der Waals surface area contributed by atoms with Crippen molar-refractivity contribution in [2.75, 3.05) is 12.9 Å². The van der Waals surface area contributed by atoms with E-state index in [4.69, 9.17) is 0 Å². The molecule has 0 bridgehead atoms. The van der Waals surface area contributed by atoms with Gasteiger partial charge in [-0.15, -0.1) is 11.3 Å². The highest BCUT2D eigenvalue weighted by Gasteiger charge is 2.14. The number of methoxy groups -OCH3 is 1. The highest BCUT2D eigenvalue weighted by atomic mass is 32.2. The predicted molar refractivity (Wildman–Crippen MR) is 110 cm³/mol. The van der Waals surface area contributed by atoms with Crippen molar-refractivity contribution >= 4 is 45.9 Å². The number of fused-ring (bicyclic) bond motifs is 1. The Hall–Kier alpha value is -2.65. The monoisotopic (exact) mass is 417 g/mol. The second kappa shape index (κ2) is 9.52. The molecule has 0 atom stereocenters. The van der Waals surface area contributed by atoms with Crippen LogP contribution in [0.3, 0.4) is 0 Å². The van der Waals surface area contributed by atoms with Crippen molar-refractivity contribution in [3.05, 3.63) is 57.0 Å². The number of hydrogen-bond acceptors (Lipinski definition) is 7. The third-order valence-corrected chi connectivity index (χ3v) is 5.82. The maximum Gasteiger partial charge on any atom is 0.307 e. The van der Waals surface area contributed by atoms with Crippen molar-refractivity contribution in [1.82, 2.24) is 14.9 Å². The zero-order chi connectivity index (χ0) is 19.9. The van der Waals surface area contributed by atoms with Crippen molar-refractivity contribution in [2.24, 2.45) is 0 Å². The number of ether oxygens (including phenoxy) is 1. The summed E-state index contributed by atoms with van der Waals surface area (Å²) in [5.41, 5.74) is 0.319. The van der Waals surface area contributed by atoms with E-state index < -0.39 is 5.97 Å². The van der Waals surface area contributed by atoms with Gasteiger partial charge in [-0.05, 0) is 23.6 Å². The molecule has 0 aliphatic carbocycles. The number of thioether (sulfide) groups is 1. The highest BCUT2D eigenvalue weighted by Crippen LogP contribution is 2.18. The molecule has 0 aliphatic rings. The number of benzene rings is 1. The van der Waals surface area contributed by atoms with E-state index in [1.54, 1.807) is 35.6 Å². The lowest BCUT2D eigenvalue weighted by Gasteiger charge is -2.12. The number of hydrogen-bond donors (Lipinski definition) is 1. The van der Waals surface area contributed by atoms with E-state index in [0.29, 0.717) is 22.6 Å². The van der Waals surface area contributed by atoms with Gasteiger partial charge in [-0.2, -0.15) is 0 Å². The number of carbonyl (C=O) groups is 2. The maximum atomic E-state index is 12.8. The molecule has 0 radical (unpaired) electrons. The molecule has 0 aliphatic heterocycles. The zero-order valence-electron chi connectivity index (χ0n) is 15.2. The lowest BCUT2D eigenvalue weighted by molar-refractivity contribution is -0.140. The molecular weight excluding hydrogens is 398 g/mol. The normalized spacial score (nSPS) is 10.8. The minimum Gasteiger partial charge on any atom is -0.469 e. The van der Waals surface area contributed by atoms with Gasteiger partial charge < -0.3 is 10.1 Å². The quantitative estimate of drug-likeness (QED) is 0.344. The summed E-state index contributed by atoms with van der Waals surface area (Å²) < 4.78 is 6.09. The maximum absolute atomic E-state index is 12.8. The fourth-order valence-electron chi connectivity index (χ4n) is 2.54. The summed E-state index contributed by atoms with van der Waals surface area (Å²) in [7, 11) is 1.30. The van der Waals surface area contributed by atoms with Crippen LogP contribution in [0.15, 0.2) is 51.7 Å². The van der Waals surface area contributed by atoms with Crippen molar-refractivity contribution in [3.8, 4) is 0 Å². The molecule has 0 fully saturated rings. The van der Waals surface area contributed by atoms with Crippen LogP contribution in [0.2, 0.25) is 0 Å². The van der Waals surface area contributed by atoms with Crippen LogP contribution in [0.25, 0.3) is 10.9 Å². The van der Waals surface area contributed by atoms with Gasteiger partial charge in [0.15, 0.2) is 5.16 Å². The van der Waals surface area contributed by atoms with E-state index in [-0.39, 0.29) is 30.2 Å². The van der Waals surface area contributed by atoms with Gasteiger partial charge in [0, 0.05) is 11.4 Å². The van der Waals surface area contributed by atoms with Crippen molar-refractivity contribution in [3.63, 3.8) is 0 Å². The Balaban J connectivity index is 1.76. The minimum atomic E-state index is -0.412. The molecule has 1 aromatic carbocycles. The summed E-state index contributed by atoms with van der Waals surface area (Å²) >= 11 is 2.75. The van der Waals surface area contributed by atoms with E-state index in [1.807, 2.05) is 17.5 Å². The first kappa shape index (κ1) is 20.1. The van der Waals surface area contributed by atoms with Gasteiger partial charge in [-0.1, -0.05) is 30.0 Å². The van der Waals surface area contributed by atoms with Crippen LogP contribution < -0.4 is 10.9 Å². The predicted octanol–water partition coefficient (Wildman–Crippen LogP) is 2.43. The summed E-state index contributed by atoms with van der Waals surface area (Å²) in [6.45, 7) is 0.611. The van der Waals surface area contributed by atoms with Crippen LogP contribution in [-0.2, 0) is 27.4 Å². The van der Waals surface area contributed by atoms with Gasteiger partial charge in [-0.25, -0.2) is 4.98 Å². The Morgan fingerprint density at radius 1 is 1.25 bits per heavy atom. The van der Waals surface area contributed by atoms with Crippen molar-refractivity contribution in [1.29, 1.82) is 0 Å². The Morgan fingerprint density at radius 3 is 2.82 bits per heavy atom. The van der Waals surface area contributed by atoms with Crippen molar-refractivity contribution < 1.29 is 14.3 Å². The molecule has 0 saturated carbocycles. The summed E-state index contributed by atoms with van der Waals surface area (Å²) in [4.78, 5) is 42.1. The number of rotatable bonds is 8. The number of amides is 1. The summed E-state index contributed by atoms with van der Waals surface area (Å²) in [6.07, 6.45) is 0.0502. The molecule has 0 saturated heterocycles. The lowest BCUT2D eigenvalue weighted by Crippen LogP contribution is -2.27. The molecule has 0 unspecified atom stereocenters. The molecule has 7 nitrogen and oxygen atoms in total. The first-order valence-corrected chi connectivity index (χ1v) is 10.4. The molecule has 2 heterocycles. The Kier molecular flexibility index (Phi) is 6.83. The molecule has 3 rings (SSSR count). The SMILES string of the molecule is COC(=O)CCn1c(SCC(=O)NCc2cccs2)nc2ccccc2c1=O. The smallest absolute Gasteiger partial charge is 0.307 e. The number of aromatic nitrogens is 2. The topological polar surface area (TPSA) is 90.3 Å². The van der Waals surface area contributed by atoms with Gasteiger partial charge >= 0.3 is 5.97 Å². The van der Waals surface area contributed by atoms with E-state index in [0.717, 1.165) is 4.88 Å². The van der Waals surface area contributed by atoms with Gasteiger partial charge in [0.2, 0.25) is 5.91 Å². The second-order valence-corrected chi connectivity index (χ2v) is 7.81. The molecule has 9 heteroatoms. The molecule has 146 valence electrons. The summed E-state index contributed by atoms with van der Waals surface area (Å²) in [5.74, 6) is -0.445. The van der Waals surface area contributed by atoms with Crippen LogP contribution in [0, 0.1) is 0 Å². The number of carbonyl (C=O) groups excluding carboxylic acids is 2. The highest BCUT2D eigenvalue weighted by molar-refractivity contribution is 7.99. The number of para-hydroxylation sites is 1. The minimum absolute atomic E-state index is 0.0502. The summed E-state index contributed by atoms with van der Waals surface area (Å²) in [5, 5.41) is 5.67. The lowest BCUT2D eigenvalue weighted by atomic mass is 10.2. The average molecular weight is 418 g/mol. The largest absolute Gasteiger partial charge is 0.469 e. The van der Waals surface area contributed by atoms with Gasteiger partial charge in [-0.3, -0.25) is 19.0 Å². The third kappa shape index (κ3) is 4.99. The summed E-state index contributed by atoms with van der Waals surface area (Å²) in [6, 6.07) is 10.9.